The van der Waals surface area contributed by atoms with Gasteiger partial charge in [-0.05, 0) is 56.9 Å². The Kier molecular flexibility index (Phi) is 4.98. The summed E-state index contributed by atoms with van der Waals surface area (Å²) in [5, 5.41) is 0. The van der Waals surface area contributed by atoms with Crippen LogP contribution in [0.15, 0.2) is 11.0 Å². The number of nitrogens with one attached hydrogen (secondary N) is 1. The van der Waals surface area contributed by atoms with Gasteiger partial charge >= 0.3 is 0 Å². The molecule has 1 rings (SSSR count). The minimum absolute atomic E-state index is 0.0767. The average molecular weight is 285 g/mol. The highest BCUT2D eigenvalue weighted by molar-refractivity contribution is 7.89. The summed E-state index contributed by atoms with van der Waals surface area (Å²) in [6, 6.07) is 1.60. The van der Waals surface area contributed by atoms with Crippen LogP contribution in [0.3, 0.4) is 0 Å². The van der Waals surface area contributed by atoms with Gasteiger partial charge in [-0.3, -0.25) is 0 Å². The van der Waals surface area contributed by atoms with Gasteiger partial charge in [-0.1, -0.05) is 6.92 Å². The summed E-state index contributed by atoms with van der Waals surface area (Å²) in [5.74, 6) is 0.750. The lowest BCUT2D eigenvalue weighted by Crippen LogP contribution is -2.32. The fraction of sp³-hybridized carbons (Fsp3) is 0.571. The molecule has 1 aromatic rings. The first kappa shape index (κ1) is 16.0. The van der Waals surface area contributed by atoms with Crippen molar-refractivity contribution in [2.24, 2.45) is 0 Å². The maximum Gasteiger partial charge on any atom is 0.241 e. The van der Waals surface area contributed by atoms with Crippen LogP contribution in [-0.4, -0.2) is 21.6 Å². The van der Waals surface area contributed by atoms with E-state index in [0.29, 0.717) is 4.90 Å². The Labute approximate surface area is 116 Å². The summed E-state index contributed by atoms with van der Waals surface area (Å²) in [6.07, 6.45) is 0.756. The number of sulfonamides is 1. The molecule has 0 aliphatic heterocycles. The standard InChI is InChI=1S/C14H23NO3S/c1-7-10(3)15-19(16,17)13-8-9(2)14(18-6)12(5)11(13)4/h8,10,15H,7H2,1-6H3. The highest BCUT2D eigenvalue weighted by Crippen LogP contribution is 2.30. The van der Waals surface area contributed by atoms with Crippen molar-refractivity contribution in [1.82, 2.24) is 4.72 Å². The van der Waals surface area contributed by atoms with E-state index in [1.165, 1.54) is 0 Å². The van der Waals surface area contributed by atoms with E-state index in [2.05, 4.69) is 4.72 Å². The predicted octanol–water partition coefficient (Wildman–Crippen LogP) is 2.70. The normalized spacial score (nSPS) is 13.4. The van der Waals surface area contributed by atoms with Gasteiger partial charge in [-0.25, -0.2) is 13.1 Å². The van der Waals surface area contributed by atoms with Crippen molar-refractivity contribution in [2.45, 2.75) is 52.0 Å². The van der Waals surface area contributed by atoms with Crippen LogP contribution in [0.25, 0.3) is 0 Å². The van der Waals surface area contributed by atoms with Crippen molar-refractivity contribution < 1.29 is 13.2 Å². The molecule has 0 aliphatic rings. The molecule has 0 saturated heterocycles. The summed E-state index contributed by atoms with van der Waals surface area (Å²) in [6.45, 7) is 9.35. The van der Waals surface area contributed by atoms with E-state index in [-0.39, 0.29) is 6.04 Å². The van der Waals surface area contributed by atoms with E-state index >= 15 is 0 Å². The number of methoxy groups -OCH3 is 1. The van der Waals surface area contributed by atoms with Crippen LogP contribution >= 0.6 is 0 Å². The summed E-state index contributed by atoms with van der Waals surface area (Å²) >= 11 is 0. The van der Waals surface area contributed by atoms with E-state index in [1.54, 1.807) is 13.2 Å². The Balaban J connectivity index is 3.37. The molecule has 0 fully saturated rings. The molecular formula is C14H23NO3S. The van der Waals surface area contributed by atoms with Crippen molar-refractivity contribution in [3.8, 4) is 5.75 Å². The third kappa shape index (κ3) is 3.28. The number of hydrogen-bond donors (Lipinski definition) is 1. The number of ether oxygens (including phenoxy) is 1. The molecule has 1 unspecified atom stereocenters. The van der Waals surface area contributed by atoms with Gasteiger partial charge in [0, 0.05) is 6.04 Å². The molecule has 1 aromatic carbocycles. The molecular weight excluding hydrogens is 262 g/mol. The SMILES string of the molecule is CCC(C)NS(=O)(=O)c1cc(C)c(OC)c(C)c1C. The first-order chi connectivity index (χ1) is 8.74. The van der Waals surface area contributed by atoms with E-state index in [1.807, 2.05) is 34.6 Å². The molecule has 0 aromatic heterocycles. The molecule has 0 saturated carbocycles. The molecule has 0 amide bonds. The number of hydrogen-bond acceptors (Lipinski definition) is 3. The lowest BCUT2D eigenvalue weighted by molar-refractivity contribution is 0.407. The first-order valence-corrected chi connectivity index (χ1v) is 7.90. The van der Waals surface area contributed by atoms with Gasteiger partial charge in [-0.15, -0.1) is 0 Å². The van der Waals surface area contributed by atoms with Gasteiger partial charge in [0.1, 0.15) is 5.75 Å². The van der Waals surface area contributed by atoms with Crippen LogP contribution < -0.4 is 9.46 Å². The molecule has 108 valence electrons. The van der Waals surface area contributed by atoms with Gasteiger partial charge in [0.05, 0.1) is 12.0 Å². The Hall–Kier alpha value is -1.07. The molecule has 0 spiro atoms. The molecule has 0 aliphatic carbocycles. The number of aryl methyl sites for hydroxylation is 1. The third-order valence-electron chi connectivity index (χ3n) is 3.44. The fourth-order valence-electron chi connectivity index (χ4n) is 2.03. The predicted molar refractivity (Wildman–Crippen MR) is 77.3 cm³/mol. The van der Waals surface area contributed by atoms with Crippen molar-refractivity contribution in [3.05, 3.63) is 22.8 Å². The van der Waals surface area contributed by atoms with Gasteiger partial charge in [0.2, 0.25) is 10.0 Å². The van der Waals surface area contributed by atoms with E-state index in [0.717, 1.165) is 28.9 Å². The van der Waals surface area contributed by atoms with Gasteiger partial charge in [-0.2, -0.15) is 0 Å². The van der Waals surface area contributed by atoms with E-state index < -0.39 is 10.0 Å². The molecule has 19 heavy (non-hydrogen) atoms. The second-order valence-electron chi connectivity index (χ2n) is 4.91. The van der Waals surface area contributed by atoms with Crippen molar-refractivity contribution in [1.29, 1.82) is 0 Å². The van der Waals surface area contributed by atoms with Crippen molar-refractivity contribution in [3.63, 3.8) is 0 Å². The van der Waals surface area contributed by atoms with Crippen molar-refractivity contribution >= 4 is 10.0 Å². The quantitative estimate of drug-likeness (QED) is 0.905. The minimum Gasteiger partial charge on any atom is -0.496 e. The summed E-state index contributed by atoms with van der Waals surface area (Å²) < 4.78 is 32.7. The van der Waals surface area contributed by atoms with Crippen LogP contribution in [0.4, 0.5) is 0 Å². The van der Waals surface area contributed by atoms with Crippen LogP contribution in [0.1, 0.15) is 37.0 Å². The van der Waals surface area contributed by atoms with Crippen LogP contribution in [-0.2, 0) is 10.0 Å². The second-order valence-corrected chi connectivity index (χ2v) is 6.59. The topological polar surface area (TPSA) is 55.4 Å². The molecule has 1 N–H and O–H groups in total. The highest BCUT2D eigenvalue weighted by atomic mass is 32.2. The Morgan fingerprint density at radius 2 is 1.84 bits per heavy atom. The molecule has 0 heterocycles. The van der Waals surface area contributed by atoms with Gasteiger partial charge < -0.3 is 4.74 Å². The maximum atomic E-state index is 12.4. The lowest BCUT2D eigenvalue weighted by Gasteiger charge is -2.18. The number of benzene rings is 1. The summed E-state index contributed by atoms with van der Waals surface area (Å²) in [5.41, 5.74) is 2.43. The van der Waals surface area contributed by atoms with Crippen molar-refractivity contribution in [2.75, 3.05) is 7.11 Å². The molecule has 0 radical (unpaired) electrons. The summed E-state index contributed by atoms with van der Waals surface area (Å²) in [4.78, 5) is 0.337. The molecule has 4 nitrogen and oxygen atoms in total. The molecule has 0 bridgehead atoms. The zero-order valence-corrected chi connectivity index (χ0v) is 13.3. The highest BCUT2D eigenvalue weighted by Gasteiger charge is 2.22. The molecule has 1 atom stereocenters. The number of rotatable bonds is 5. The zero-order chi connectivity index (χ0) is 14.8. The van der Waals surface area contributed by atoms with E-state index in [9.17, 15) is 8.42 Å². The maximum absolute atomic E-state index is 12.4. The Bertz CT molecular complexity index is 565. The largest absolute Gasteiger partial charge is 0.496 e. The Morgan fingerprint density at radius 3 is 2.32 bits per heavy atom. The zero-order valence-electron chi connectivity index (χ0n) is 12.5. The minimum atomic E-state index is -3.48. The van der Waals surface area contributed by atoms with Crippen LogP contribution in [0.2, 0.25) is 0 Å². The van der Waals surface area contributed by atoms with Gasteiger partial charge in [0.25, 0.3) is 0 Å². The van der Waals surface area contributed by atoms with E-state index in [4.69, 9.17) is 4.74 Å². The Morgan fingerprint density at radius 1 is 1.26 bits per heavy atom. The van der Waals surface area contributed by atoms with Crippen LogP contribution in [0.5, 0.6) is 5.75 Å². The summed E-state index contributed by atoms with van der Waals surface area (Å²) in [7, 11) is -1.88. The first-order valence-electron chi connectivity index (χ1n) is 6.41. The monoisotopic (exact) mass is 285 g/mol. The molecule has 5 heteroatoms. The third-order valence-corrected chi connectivity index (χ3v) is 5.16. The lowest BCUT2D eigenvalue weighted by atomic mass is 10.1. The fourth-order valence-corrected chi connectivity index (χ4v) is 3.74. The van der Waals surface area contributed by atoms with Crippen LogP contribution in [0, 0.1) is 20.8 Å². The van der Waals surface area contributed by atoms with Gasteiger partial charge in [0.15, 0.2) is 0 Å². The second kappa shape index (κ2) is 5.92. The average Bonchev–Trinajstić information content (AvgIpc) is 2.33. The smallest absolute Gasteiger partial charge is 0.241 e.